The van der Waals surface area contributed by atoms with Crippen molar-refractivity contribution in [3.05, 3.63) is 12.2 Å². The summed E-state index contributed by atoms with van der Waals surface area (Å²) in [6.07, 6.45) is 5.78. The molecular weight excluding hydrogens is 212 g/mol. The lowest BCUT2D eigenvalue weighted by molar-refractivity contribution is 0.236. The second kappa shape index (κ2) is 5.63. The Kier molecular flexibility index (Phi) is 4.15. The van der Waals surface area contributed by atoms with Gasteiger partial charge in [0.2, 0.25) is 0 Å². The summed E-state index contributed by atoms with van der Waals surface area (Å²) < 4.78 is 2.10. The van der Waals surface area contributed by atoms with Crippen molar-refractivity contribution in [3.63, 3.8) is 0 Å². The predicted molar refractivity (Wildman–Crippen MR) is 68.5 cm³/mol. The molecule has 1 aliphatic rings. The van der Waals surface area contributed by atoms with E-state index in [4.69, 9.17) is 0 Å². The minimum absolute atomic E-state index is 0.649. The fraction of sp³-hybridized carbons (Fsp3) is 0.846. The van der Waals surface area contributed by atoms with Crippen LogP contribution in [0.15, 0.2) is 6.33 Å². The summed E-state index contributed by atoms with van der Waals surface area (Å²) in [5.41, 5.74) is 0. The van der Waals surface area contributed by atoms with Crippen LogP contribution in [-0.2, 0) is 13.1 Å². The predicted octanol–water partition coefficient (Wildman–Crippen LogP) is 2.21. The Morgan fingerprint density at radius 1 is 1.29 bits per heavy atom. The first kappa shape index (κ1) is 12.6. The lowest BCUT2D eigenvalue weighted by Crippen LogP contribution is -2.36. The summed E-state index contributed by atoms with van der Waals surface area (Å²) in [7, 11) is 0. The molecule has 0 amide bonds. The van der Waals surface area contributed by atoms with Crippen LogP contribution in [-0.4, -0.2) is 20.8 Å². The van der Waals surface area contributed by atoms with Crippen LogP contribution in [0.5, 0.6) is 0 Å². The van der Waals surface area contributed by atoms with E-state index >= 15 is 0 Å². The SMILES string of the molecule is CCn1cnnc1CNC1CC(C)CC(C)C1. The van der Waals surface area contributed by atoms with Gasteiger partial charge in [0.05, 0.1) is 6.54 Å². The molecule has 1 N–H and O–H groups in total. The first-order chi connectivity index (χ1) is 8.19. The van der Waals surface area contributed by atoms with E-state index in [1.165, 1.54) is 19.3 Å². The van der Waals surface area contributed by atoms with Crippen molar-refractivity contribution in [1.29, 1.82) is 0 Å². The van der Waals surface area contributed by atoms with Gasteiger partial charge in [-0.05, 0) is 38.0 Å². The van der Waals surface area contributed by atoms with Crippen molar-refractivity contribution >= 4 is 0 Å². The summed E-state index contributed by atoms with van der Waals surface area (Å²) in [6, 6.07) is 0.649. The molecule has 96 valence electrons. The van der Waals surface area contributed by atoms with Gasteiger partial charge in [-0.15, -0.1) is 10.2 Å². The van der Waals surface area contributed by atoms with Gasteiger partial charge in [-0.2, -0.15) is 0 Å². The van der Waals surface area contributed by atoms with Crippen LogP contribution in [0.4, 0.5) is 0 Å². The number of aryl methyl sites for hydroxylation is 1. The molecule has 1 aromatic heterocycles. The van der Waals surface area contributed by atoms with Crippen molar-refractivity contribution in [3.8, 4) is 0 Å². The molecule has 0 bridgehead atoms. The maximum absolute atomic E-state index is 4.16. The van der Waals surface area contributed by atoms with Crippen molar-refractivity contribution in [2.24, 2.45) is 11.8 Å². The molecule has 0 spiro atoms. The van der Waals surface area contributed by atoms with E-state index in [1.54, 1.807) is 0 Å². The van der Waals surface area contributed by atoms with Crippen molar-refractivity contribution in [2.75, 3.05) is 0 Å². The van der Waals surface area contributed by atoms with E-state index in [1.807, 2.05) is 6.33 Å². The van der Waals surface area contributed by atoms with Crippen LogP contribution < -0.4 is 5.32 Å². The molecule has 1 fully saturated rings. The molecule has 4 nitrogen and oxygen atoms in total. The van der Waals surface area contributed by atoms with E-state index in [0.29, 0.717) is 6.04 Å². The maximum Gasteiger partial charge on any atom is 0.146 e. The average Bonchev–Trinajstić information content (AvgIpc) is 2.72. The number of hydrogen-bond acceptors (Lipinski definition) is 3. The quantitative estimate of drug-likeness (QED) is 0.871. The Hall–Kier alpha value is -0.900. The molecule has 17 heavy (non-hydrogen) atoms. The Morgan fingerprint density at radius 2 is 2.00 bits per heavy atom. The third-order valence-electron chi connectivity index (χ3n) is 3.76. The molecule has 1 heterocycles. The third kappa shape index (κ3) is 3.28. The van der Waals surface area contributed by atoms with Crippen LogP contribution in [0.2, 0.25) is 0 Å². The number of aromatic nitrogens is 3. The van der Waals surface area contributed by atoms with Gasteiger partial charge in [-0.1, -0.05) is 13.8 Å². The first-order valence-electron chi connectivity index (χ1n) is 6.79. The lowest BCUT2D eigenvalue weighted by Gasteiger charge is -2.32. The summed E-state index contributed by atoms with van der Waals surface area (Å²) >= 11 is 0. The molecule has 2 atom stereocenters. The molecule has 0 radical (unpaired) electrons. The molecule has 2 unspecified atom stereocenters. The molecule has 1 aromatic rings. The monoisotopic (exact) mass is 236 g/mol. The van der Waals surface area contributed by atoms with Gasteiger partial charge in [-0.3, -0.25) is 0 Å². The highest BCUT2D eigenvalue weighted by Gasteiger charge is 2.23. The van der Waals surface area contributed by atoms with E-state index in [0.717, 1.165) is 30.7 Å². The van der Waals surface area contributed by atoms with Gasteiger partial charge in [-0.25, -0.2) is 0 Å². The summed E-state index contributed by atoms with van der Waals surface area (Å²) in [6.45, 7) is 8.63. The van der Waals surface area contributed by atoms with E-state index in [9.17, 15) is 0 Å². The molecule has 1 saturated carbocycles. The van der Waals surface area contributed by atoms with E-state index in [-0.39, 0.29) is 0 Å². The molecule has 4 heteroatoms. The van der Waals surface area contributed by atoms with Gasteiger partial charge in [0.1, 0.15) is 12.2 Å². The van der Waals surface area contributed by atoms with E-state index in [2.05, 4.69) is 40.9 Å². The topological polar surface area (TPSA) is 42.7 Å². The average molecular weight is 236 g/mol. The standard InChI is InChI=1S/C13H24N4/c1-4-17-9-15-16-13(17)8-14-12-6-10(2)5-11(3)7-12/h9-12,14H,4-8H2,1-3H3. The smallest absolute Gasteiger partial charge is 0.146 e. The third-order valence-corrected chi connectivity index (χ3v) is 3.76. The van der Waals surface area contributed by atoms with Crippen molar-refractivity contribution in [1.82, 2.24) is 20.1 Å². The van der Waals surface area contributed by atoms with Crippen molar-refractivity contribution < 1.29 is 0 Å². The highest BCUT2D eigenvalue weighted by molar-refractivity contribution is 4.87. The largest absolute Gasteiger partial charge is 0.317 e. The van der Waals surface area contributed by atoms with Gasteiger partial charge in [0.25, 0.3) is 0 Å². The van der Waals surface area contributed by atoms with Gasteiger partial charge in [0, 0.05) is 12.6 Å². The van der Waals surface area contributed by atoms with Gasteiger partial charge >= 0.3 is 0 Å². The highest BCUT2D eigenvalue weighted by Crippen LogP contribution is 2.28. The molecule has 2 rings (SSSR count). The van der Waals surface area contributed by atoms with Crippen LogP contribution in [0.3, 0.4) is 0 Å². The minimum atomic E-state index is 0.649. The number of rotatable bonds is 4. The Bertz CT molecular complexity index is 337. The van der Waals surface area contributed by atoms with Gasteiger partial charge < -0.3 is 9.88 Å². The molecule has 1 aliphatic carbocycles. The zero-order valence-corrected chi connectivity index (χ0v) is 11.2. The summed E-state index contributed by atoms with van der Waals surface area (Å²) in [5.74, 6) is 2.75. The normalized spacial score (nSPS) is 29.5. The second-order valence-corrected chi connectivity index (χ2v) is 5.53. The van der Waals surface area contributed by atoms with Crippen molar-refractivity contribution in [2.45, 2.75) is 59.2 Å². The van der Waals surface area contributed by atoms with Crippen LogP contribution in [0.1, 0.15) is 45.9 Å². The Balaban J connectivity index is 1.85. The Labute approximate surface area is 104 Å². The van der Waals surface area contributed by atoms with Gasteiger partial charge in [0.15, 0.2) is 0 Å². The molecule has 0 aliphatic heterocycles. The number of hydrogen-bond donors (Lipinski definition) is 1. The van der Waals surface area contributed by atoms with E-state index < -0.39 is 0 Å². The summed E-state index contributed by atoms with van der Waals surface area (Å²) in [5, 5.41) is 11.8. The molecular formula is C13H24N4. The number of nitrogens with one attached hydrogen (secondary N) is 1. The summed E-state index contributed by atoms with van der Waals surface area (Å²) in [4.78, 5) is 0. The zero-order chi connectivity index (χ0) is 12.3. The Morgan fingerprint density at radius 3 is 2.65 bits per heavy atom. The second-order valence-electron chi connectivity index (χ2n) is 5.53. The maximum atomic E-state index is 4.16. The molecule has 0 saturated heterocycles. The fourth-order valence-electron chi connectivity index (χ4n) is 3.03. The van der Waals surface area contributed by atoms with Crippen LogP contribution in [0.25, 0.3) is 0 Å². The first-order valence-corrected chi connectivity index (χ1v) is 6.79. The number of nitrogens with zero attached hydrogens (tertiary/aromatic N) is 3. The zero-order valence-electron chi connectivity index (χ0n) is 11.2. The lowest BCUT2D eigenvalue weighted by atomic mass is 9.80. The van der Waals surface area contributed by atoms with Crippen LogP contribution >= 0.6 is 0 Å². The fourth-order valence-corrected chi connectivity index (χ4v) is 3.03. The molecule has 0 aromatic carbocycles. The van der Waals surface area contributed by atoms with Crippen LogP contribution in [0, 0.1) is 11.8 Å². The minimum Gasteiger partial charge on any atom is -0.317 e. The highest BCUT2D eigenvalue weighted by atomic mass is 15.3.